The Labute approximate surface area is 193 Å². The Morgan fingerprint density at radius 1 is 0.839 bits per heavy atom. The second kappa shape index (κ2) is 11.0. The maximum absolute atomic E-state index is 7.08. The molecule has 3 rings (SSSR count). The number of benzene rings is 3. The van der Waals surface area contributed by atoms with Gasteiger partial charge in [-0.1, -0.05) is 118 Å². The Morgan fingerprint density at radius 2 is 1.32 bits per heavy atom. The normalized spacial score (nSPS) is 13.0. The first-order chi connectivity index (χ1) is 15.0. The molecule has 0 fully saturated rings. The lowest BCUT2D eigenvalue weighted by molar-refractivity contribution is 0.270. The molecule has 0 aromatic heterocycles. The summed E-state index contributed by atoms with van der Waals surface area (Å²) < 4.78 is 7.08. The Hall–Kier alpha value is -2.07. The van der Waals surface area contributed by atoms with Gasteiger partial charge in [-0.15, -0.1) is 6.58 Å². The summed E-state index contributed by atoms with van der Waals surface area (Å²) in [6.07, 6.45) is 2.07. The van der Waals surface area contributed by atoms with Gasteiger partial charge >= 0.3 is 0 Å². The van der Waals surface area contributed by atoms with Crippen LogP contribution < -0.4 is 10.4 Å². The van der Waals surface area contributed by atoms with E-state index >= 15 is 0 Å². The summed E-state index contributed by atoms with van der Waals surface area (Å²) in [6, 6.07) is 32.4. The third kappa shape index (κ3) is 5.79. The fourth-order valence-electron chi connectivity index (χ4n) is 4.08. The Kier molecular flexibility index (Phi) is 8.36. The quantitative estimate of drug-likeness (QED) is 0.267. The van der Waals surface area contributed by atoms with Crippen LogP contribution in [0.2, 0.25) is 5.04 Å². The minimum Gasteiger partial charge on any atom is -0.407 e. The third-order valence-corrected chi connectivity index (χ3v) is 11.9. The van der Waals surface area contributed by atoms with E-state index in [1.165, 1.54) is 15.9 Å². The van der Waals surface area contributed by atoms with Gasteiger partial charge in [-0.2, -0.15) is 11.8 Å². The highest BCUT2D eigenvalue weighted by molar-refractivity contribution is 7.98. The van der Waals surface area contributed by atoms with Crippen LogP contribution in [-0.4, -0.2) is 20.7 Å². The van der Waals surface area contributed by atoms with Gasteiger partial charge in [-0.05, 0) is 21.0 Å². The third-order valence-electron chi connectivity index (χ3n) is 5.71. The summed E-state index contributed by atoms with van der Waals surface area (Å²) in [7, 11) is -2.49. The molecule has 0 aliphatic heterocycles. The summed E-state index contributed by atoms with van der Waals surface area (Å²) in [5, 5.41) is 2.65. The fraction of sp³-hybridized carbons (Fsp3) is 0.286. The van der Waals surface area contributed by atoms with E-state index in [1.807, 2.05) is 11.8 Å². The molecule has 0 aliphatic rings. The number of thioether (sulfide) groups is 1. The molecule has 0 saturated carbocycles. The molecule has 0 spiro atoms. The second-order valence-corrected chi connectivity index (χ2v) is 14.3. The van der Waals surface area contributed by atoms with Gasteiger partial charge in [0, 0.05) is 24.0 Å². The smallest absolute Gasteiger partial charge is 0.261 e. The zero-order valence-electron chi connectivity index (χ0n) is 19.0. The molecular formula is C28H34OSSi. The van der Waals surface area contributed by atoms with Crippen LogP contribution in [0.3, 0.4) is 0 Å². The standard InChI is InChI=1S/C28H34OSSi/c1-5-24(22-30-23-25-15-9-6-10-16-25)21-29-31(28(2,3)4,26-17-11-7-12-18-26)27-19-13-8-14-20-27/h5-20,24H,1,21-23H2,2-4H3/t24-/m0/s1. The van der Waals surface area contributed by atoms with E-state index in [-0.39, 0.29) is 5.04 Å². The molecule has 162 valence electrons. The highest BCUT2D eigenvalue weighted by Gasteiger charge is 2.50. The molecule has 31 heavy (non-hydrogen) atoms. The van der Waals surface area contributed by atoms with Gasteiger partial charge in [0.1, 0.15) is 0 Å². The van der Waals surface area contributed by atoms with Gasteiger partial charge in [0.2, 0.25) is 0 Å². The van der Waals surface area contributed by atoms with Crippen molar-refractivity contribution in [3.05, 3.63) is 109 Å². The molecule has 0 unspecified atom stereocenters. The highest BCUT2D eigenvalue weighted by atomic mass is 32.2. The molecule has 3 heteroatoms. The molecule has 0 heterocycles. The van der Waals surface area contributed by atoms with Crippen LogP contribution in [0, 0.1) is 5.92 Å². The first kappa shape index (κ1) is 23.6. The molecule has 0 N–H and O–H groups in total. The van der Waals surface area contributed by atoms with E-state index < -0.39 is 8.32 Å². The largest absolute Gasteiger partial charge is 0.407 e. The van der Waals surface area contributed by atoms with Crippen molar-refractivity contribution in [2.75, 3.05) is 12.4 Å². The zero-order chi connectivity index (χ0) is 22.2. The van der Waals surface area contributed by atoms with E-state index in [4.69, 9.17) is 4.43 Å². The molecule has 0 bridgehead atoms. The van der Waals surface area contributed by atoms with Crippen molar-refractivity contribution in [2.24, 2.45) is 5.92 Å². The maximum atomic E-state index is 7.08. The van der Waals surface area contributed by atoms with Gasteiger partial charge in [0.15, 0.2) is 0 Å². The predicted octanol–water partition coefficient (Wildman–Crippen LogP) is 6.30. The number of hydrogen-bond donors (Lipinski definition) is 0. The molecule has 0 saturated heterocycles. The Bertz CT molecular complexity index is 880. The van der Waals surface area contributed by atoms with E-state index in [0.29, 0.717) is 12.5 Å². The second-order valence-electron chi connectivity index (χ2n) is 8.97. The summed E-state index contributed by atoms with van der Waals surface area (Å²) in [5.74, 6) is 2.34. The van der Waals surface area contributed by atoms with E-state index in [2.05, 4.69) is 124 Å². The van der Waals surface area contributed by atoms with Crippen LogP contribution in [0.5, 0.6) is 0 Å². The Morgan fingerprint density at radius 3 is 1.77 bits per heavy atom. The average Bonchev–Trinajstić information content (AvgIpc) is 2.79. The molecular weight excluding hydrogens is 412 g/mol. The van der Waals surface area contributed by atoms with Crippen molar-refractivity contribution in [1.82, 2.24) is 0 Å². The first-order valence-corrected chi connectivity index (χ1v) is 14.0. The van der Waals surface area contributed by atoms with Crippen molar-refractivity contribution >= 4 is 30.5 Å². The van der Waals surface area contributed by atoms with Gasteiger partial charge in [0.05, 0.1) is 0 Å². The summed E-state index contributed by atoms with van der Waals surface area (Å²) in [4.78, 5) is 0. The summed E-state index contributed by atoms with van der Waals surface area (Å²) in [6.45, 7) is 11.8. The van der Waals surface area contributed by atoms with Crippen LogP contribution in [0.25, 0.3) is 0 Å². The van der Waals surface area contributed by atoms with E-state index in [0.717, 1.165) is 11.5 Å². The lowest BCUT2D eigenvalue weighted by Crippen LogP contribution is -2.66. The zero-order valence-corrected chi connectivity index (χ0v) is 20.8. The molecule has 0 radical (unpaired) electrons. The van der Waals surface area contributed by atoms with Gasteiger partial charge in [0.25, 0.3) is 8.32 Å². The van der Waals surface area contributed by atoms with Crippen LogP contribution in [0.1, 0.15) is 26.3 Å². The molecule has 1 nitrogen and oxygen atoms in total. The highest BCUT2D eigenvalue weighted by Crippen LogP contribution is 2.37. The monoisotopic (exact) mass is 446 g/mol. The van der Waals surface area contributed by atoms with E-state index in [9.17, 15) is 0 Å². The van der Waals surface area contributed by atoms with Crippen LogP contribution in [-0.2, 0) is 10.2 Å². The van der Waals surface area contributed by atoms with Crippen molar-refractivity contribution in [1.29, 1.82) is 0 Å². The van der Waals surface area contributed by atoms with Crippen molar-refractivity contribution in [2.45, 2.75) is 31.6 Å². The van der Waals surface area contributed by atoms with Crippen LogP contribution in [0.4, 0.5) is 0 Å². The van der Waals surface area contributed by atoms with Crippen molar-refractivity contribution in [3.63, 3.8) is 0 Å². The van der Waals surface area contributed by atoms with Gasteiger partial charge < -0.3 is 4.43 Å². The topological polar surface area (TPSA) is 9.23 Å². The number of hydrogen-bond acceptors (Lipinski definition) is 2. The summed E-state index contributed by atoms with van der Waals surface area (Å²) in [5.41, 5.74) is 1.36. The van der Waals surface area contributed by atoms with Gasteiger partial charge in [-0.3, -0.25) is 0 Å². The molecule has 3 aromatic rings. The minimum absolute atomic E-state index is 0.00138. The predicted molar refractivity (Wildman–Crippen MR) is 140 cm³/mol. The molecule has 0 amide bonds. The SMILES string of the molecule is C=C[C@@H](CO[Si](c1ccccc1)(c1ccccc1)C(C)(C)C)CSCc1ccccc1. The lowest BCUT2D eigenvalue weighted by Gasteiger charge is -2.43. The van der Waals surface area contributed by atoms with Crippen LogP contribution >= 0.6 is 11.8 Å². The lowest BCUT2D eigenvalue weighted by atomic mass is 10.2. The first-order valence-electron chi connectivity index (χ1n) is 11.0. The minimum atomic E-state index is -2.49. The summed E-state index contributed by atoms with van der Waals surface area (Å²) >= 11 is 1.95. The number of rotatable bonds is 10. The van der Waals surface area contributed by atoms with Crippen molar-refractivity contribution < 1.29 is 4.43 Å². The molecule has 1 atom stereocenters. The Balaban J connectivity index is 1.82. The maximum Gasteiger partial charge on any atom is 0.261 e. The van der Waals surface area contributed by atoms with Crippen LogP contribution in [0.15, 0.2) is 104 Å². The van der Waals surface area contributed by atoms with Crippen molar-refractivity contribution in [3.8, 4) is 0 Å². The van der Waals surface area contributed by atoms with Gasteiger partial charge in [-0.25, -0.2) is 0 Å². The van der Waals surface area contributed by atoms with E-state index in [1.54, 1.807) is 0 Å². The fourth-order valence-corrected chi connectivity index (χ4v) is 9.78. The molecule has 0 aliphatic carbocycles. The molecule has 3 aromatic carbocycles. The average molecular weight is 447 g/mol.